The molecule has 0 radical (unpaired) electrons. The van der Waals surface area contributed by atoms with E-state index in [1.54, 1.807) is 6.07 Å². The topological polar surface area (TPSA) is 36.7 Å². The molecular weight excluding hydrogens is 324 g/mol. The maximum atomic E-state index is 12.2. The highest BCUT2D eigenvalue weighted by Crippen LogP contribution is 2.32. The van der Waals surface area contributed by atoms with Crippen molar-refractivity contribution in [1.29, 1.82) is 0 Å². The van der Waals surface area contributed by atoms with E-state index in [4.69, 9.17) is 4.42 Å². The molecule has 4 nitrogen and oxygen atoms in total. The lowest BCUT2D eigenvalue weighted by molar-refractivity contribution is 0.561. The predicted molar refractivity (Wildman–Crippen MR) is 110 cm³/mol. The molecule has 3 rings (SSSR count). The summed E-state index contributed by atoms with van der Waals surface area (Å²) in [4.78, 5) is 16.4. The fourth-order valence-electron chi connectivity index (χ4n) is 3.29. The van der Waals surface area contributed by atoms with Crippen LogP contribution in [0.15, 0.2) is 57.7 Å². The summed E-state index contributed by atoms with van der Waals surface area (Å²) in [5, 5.41) is 0.933. The fourth-order valence-corrected chi connectivity index (χ4v) is 3.29. The number of benzene rings is 2. The van der Waals surface area contributed by atoms with E-state index in [9.17, 15) is 4.79 Å². The molecule has 1 heterocycles. The van der Waals surface area contributed by atoms with E-state index in [-0.39, 0.29) is 5.63 Å². The van der Waals surface area contributed by atoms with Gasteiger partial charge < -0.3 is 14.2 Å². The third-order valence-corrected chi connectivity index (χ3v) is 4.93. The van der Waals surface area contributed by atoms with Gasteiger partial charge in [0, 0.05) is 49.0 Å². The minimum Gasteiger partial charge on any atom is -0.423 e. The lowest BCUT2D eigenvalue weighted by atomic mass is 10.1. The molecule has 0 unspecified atom stereocenters. The molecule has 4 heteroatoms. The number of hydrogen-bond acceptors (Lipinski definition) is 4. The Morgan fingerprint density at radius 3 is 2.15 bits per heavy atom. The summed E-state index contributed by atoms with van der Waals surface area (Å²) in [7, 11) is 1.98. The van der Waals surface area contributed by atoms with Crippen molar-refractivity contribution in [2.45, 2.75) is 27.2 Å². The van der Waals surface area contributed by atoms with Crippen LogP contribution in [0.4, 0.5) is 17.1 Å². The quantitative estimate of drug-likeness (QED) is 0.588. The monoisotopic (exact) mass is 350 g/mol. The maximum Gasteiger partial charge on any atom is 0.338 e. The first-order valence-electron chi connectivity index (χ1n) is 9.22. The SMILES string of the molecule is CCc1ccc(N(C)c2cc(=O)oc3cc(N(CC)CC)ccc23)cc1. The van der Waals surface area contributed by atoms with Crippen LogP contribution in [0.1, 0.15) is 26.3 Å². The number of anilines is 3. The predicted octanol–water partition coefficient (Wildman–Crippen LogP) is 4.97. The van der Waals surface area contributed by atoms with Gasteiger partial charge in [0.05, 0.1) is 5.69 Å². The van der Waals surface area contributed by atoms with Crippen molar-refractivity contribution >= 4 is 28.0 Å². The molecule has 0 fully saturated rings. The summed E-state index contributed by atoms with van der Waals surface area (Å²) < 4.78 is 5.50. The highest BCUT2D eigenvalue weighted by molar-refractivity contribution is 5.94. The molecule has 26 heavy (non-hydrogen) atoms. The Labute approximate surface area is 154 Å². The second-order valence-electron chi connectivity index (χ2n) is 6.38. The van der Waals surface area contributed by atoms with Gasteiger partial charge in [0.25, 0.3) is 0 Å². The van der Waals surface area contributed by atoms with Crippen molar-refractivity contribution in [3.05, 3.63) is 64.5 Å². The normalized spacial score (nSPS) is 10.9. The molecular formula is C22H26N2O2. The van der Waals surface area contributed by atoms with Gasteiger partial charge in [-0.3, -0.25) is 0 Å². The summed E-state index contributed by atoms with van der Waals surface area (Å²) in [5.74, 6) is 0. The molecule has 0 saturated carbocycles. The van der Waals surface area contributed by atoms with Gasteiger partial charge in [-0.2, -0.15) is 0 Å². The Morgan fingerprint density at radius 2 is 1.54 bits per heavy atom. The summed E-state index contributed by atoms with van der Waals surface area (Å²) in [6.45, 7) is 8.20. The van der Waals surface area contributed by atoms with E-state index in [1.807, 2.05) is 24.1 Å². The zero-order valence-corrected chi connectivity index (χ0v) is 16.0. The molecule has 0 amide bonds. The van der Waals surface area contributed by atoms with Gasteiger partial charge in [0.1, 0.15) is 5.58 Å². The Kier molecular flexibility index (Phi) is 5.31. The average molecular weight is 350 g/mol. The smallest absolute Gasteiger partial charge is 0.338 e. The molecule has 1 aromatic heterocycles. The van der Waals surface area contributed by atoms with Crippen LogP contribution < -0.4 is 15.4 Å². The van der Waals surface area contributed by atoms with Crippen LogP contribution in [0.25, 0.3) is 11.0 Å². The van der Waals surface area contributed by atoms with Crippen molar-refractivity contribution in [3.8, 4) is 0 Å². The van der Waals surface area contributed by atoms with E-state index in [2.05, 4.69) is 56.0 Å². The molecule has 0 atom stereocenters. The van der Waals surface area contributed by atoms with Gasteiger partial charge in [0.2, 0.25) is 0 Å². The molecule has 0 aliphatic carbocycles. The number of rotatable bonds is 6. The van der Waals surface area contributed by atoms with E-state index >= 15 is 0 Å². The Hall–Kier alpha value is -2.75. The zero-order chi connectivity index (χ0) is 18.7. The molecule has 2 aromatic carbocycles. The van der Waals surface area contributed by atoms with Crippen LogP contribution in [0, 0.1) is 0 Å². The zero-order valence-electron chi connectivity index (χ0n) is 16.0. The second kappa shape index (κ2) is 7.65. The van der Waals surface area contributed by atoms with Crippen molar-refractivity contribution in [1.82, 2.24) is 0 Å². The largest absolute Gasteiger partial charge is 0.423 e. The van der Waals surface area contributed by atoms with Crippen LogP contribution >= 0.6 is 0 Å². The van der Waals surface area contributed by atoms with E-state index in [0.29, 0.717) is 5.58 Å². The van der Waals surface area contributed by atoms with Crippen molar-refractivity contribution in [3.63, 3.8) is 0 Å². The van der Waals surface area contributed by atoms with E-state index in [1.165, 1.54) is 5.56 Å². The maximum absolute atomic E-state index is 12.2. The Bertz CT molecular complexity index is 941. The Balaban J connectivity index is 2.08. The first-order valence-corrected chi connectivity index (χ1v) is 9.22. The van der Waals surface area contributed by atoms with Gasteiger partial charge in [-0.05, 0) is 50.1 Å². The van der Waals surface area contributed by atoms with E-state index in [0.717, 1.165) is 42.0 Å². The van der Waals surface area contributed by atoms with Gasteiger partial charge in [0.15, 0.2) is 0 Å². The molecule has 3 aromatic rings. The highest BCUT2D eigenvalue weighted by atomic mass is 16.4. The molecule has 0 spiro atoms. The van der Waals surface area contributed by atoms with Crippen molar-refractivity contribution < 1.29 is 4.42 Å². The van der Waals surface area contributed by atoms with Crippen LogP contribution in [0.2, 0.25) is 0 Å². The van der Waals surface area contributed by atoms with Crippen LogP contribution in [-0.4, -0.2) is 20.1 Å². The number of aryl methyl sites for hydroxylation is 1. The van der Waals surface area contributed by atoms with Crippen LogP contribution in [0.5, 0.6) is 0 Å². The second-order valence-corrected chi connectivity index (χ2v) is 6.38. The van der Waals surface area contributed by atoms with Crippen molar-refractivity contribution in [2.24, 2.45) is 0 Å². The van der Waals surface area contributed by atoms with Gasteiger partial charge in [-0.15, -0.1) is 0 Å². The molecule has 0 bridgehead atoms. The Morgan fingerprint density at radius 1 is 0.885 bits per heavy atom. The van der Waals surface area contributed by atoms with Gasteiger partial charge in [-0.25, -0.2) is 4.79 Å². The minimum atomic E-state index is -0.332. The first-order chi connectivity index (χ1) is 12.6. The number of nitrogens with zero attached hydrogens (tertiary/aromatic N) is 2. The lowest BCUT2D eigenvalue weighted by Crippen LogP contribution is -2.21. The summed E-state index contributed by atoms with van der Waals surface area (Å²) in [6.07, 6.45) is 1.01. The van der Waals surface area contributed by atoms with Crippen LogP contribution in [0.3, 0.4) is 0 Å². The fraction of sp³-hybridized carbons (Fsp3) is 0.318. The molecule has 0 N–H and O–H groups in total. The van der Waals surface area contributed by atoms with Gasteiger partial charge in [-0.1, -0.05) is 19.1 Å². The molecule has 0 saturated heterocycles. The summed E-state index contributed by atoms with van der Waals surface area (Å²) in [6, 6.07) is 16.1. The molecule has 0 aliphatic rings. The first kappa shape index (κ1) is 18.1. The molecule has 136 valence electrons. The highest BCUT2D eigenvalue weighted by Gasteiger charge is 2.13. The lowest BCUT2D eigenvalue weighted by Gasteiger charge is -2.23. The van der Waals surface area contributed by atoms with E-state index < -0.39 is 0 Å². The summed E-state index contributed by atoms with van der Waals surface area (Å²) >= 11 is 0. The standard InChI is InChI=1S/C22H26N2O2/c1-5-16-8-10-17(11-9-16)23(4)20-15-22(25)26-21-14-18(12-13-19(20)21)24(6-2)7-3/h8-15H,5-7H2,1-4H3. The minimum absolute atomic E-state index is 0.332. The van der Waals surface area contributed by atoms with Crippen LogP contribution in [-0.2, 0) is 6.42 Å². The number of hydrogen-bond donors (Lipinski definition) is 0. The average Bonchev–Trinajstić information content (AvgIpc) is 2.67. The van der Waals surface area contributed by atoms with Crippen molar-refractivity contribution in [2.75, 3.05) is 29.9 Å². The molecule has 0 aliphatic heterocycles. The third-order valence-electron chi connectivity index (χ3n) is 4.93. The third kappa shape index (κ3) is 3.45. The number of fused-ring (bicyclic) bond motifs is 1. The van der Waals surface area contributed by atoms with Gasteiger partial charge >= 0.3 is 5.63 Å². The summed E-state index contributed by atoms with van der Waals surface area (Å²) in [5.41, 5.74) is 4.55.